The van der Waals surface area contributed by atoms with Gasteiger partial charge in [0, 0.05) is 46.4 Å². The third-order valence-corrected chi connectivity index (χ3v) is 9.41. The van der Waals surface area contributed by atoms with Crippen molar-refractivity contribution >= 4 is 17.2 Å². The molecule has 1 aromatic carbocycles. The first-order chi connectivity index (χ1) is 18.7. The van der Waals surface area contributed by atoms with Crippen molar-refractivity contribution in [2.24, 2.45) is 0 Å². The van der Waals surface area contributed by atoms with Gasteiger partial charge >= 0.3 is 0 Å². The maximum atomic E-state index is 14.1. The molecule has 1 saturated heterocycles. The van der Waals surface area contributed by atoms with Crippen molar-refractivity contribution in [1.29, 1.82) is 0 Å². The number of aromatic nitrogens is 2. The number of aliphatic hydroxyl groups excluding tert-OH is 1. The number of likely N-dealkylation sites (tertiary alicyclic amines) is 1. The monoisotopic (exact) mass is 543 g/mol. The molecule has 0 bridgehead atoms. The summed E-state index contributed by atoms with van der Waals surface area (Å²) in [5.41, 5.74) is 6.52. The molecular weight excluding hydrogens is 510 g/mol. The molecule has 39 heavy (non-hydrogen) atoms. The van der Waals surface area contributed by atoms with Crippen LogP contribution in [0.2, 0.25) is 0 Å². The van der Waals surface area contributed by atoms with Gasteiger partial charge in [-0.1, -0.05) is 6.07 Å². The number of thiophene rings is 1. The number of hydrogen-bond acceptors (Lipinski definition) is 5. The summed E-state index contributed by atoms with van der Waals surface area (Å²) in [6.45, 7) is 6.93. The average molecular weight is 544 g/mol. The number of fused-ring (bicyclic) bond motifs is 3. The molecule has 2 aliphatic heterocycles. The van der Waals surface area contributed by atoms with E-state index in [1.54, 1.807) is 31.4 Å². The van der Waals surface area contributed by atoms with Crippen molar-refractivity contribution < 1.29 is 14.6 Å². The zero-order valence-corrected chi connectivity index (χ0v) is 23.5. The van der Waals surface area contributed by atoms with Gasteiger partial charge < -0.3 is 24.3 Å². The zero-order valence-electron chi connectivity index (χ0n) is 22.7. The number of aliphatic hydroxyl groups is 1. The summed E-state index contributed by atoms with van der Waals surface area (Å²) in [6, 6.07) is 13.9. The highest BCUT2D eigenvalue weighted by Crippen LogP contribution is 2.46. The Labute approximate surface area is 231 Å². The first-order valence-electron chi connectivity index (χ1n) is 13.4. The summed E-state index contributed by atoms with van der Waals surface area (Å²) in [7, 11) is 1.65. The first kappa shape index (κ1) is 25.6. The number of benzene rings is 1. The summed E-state index contributed by atoms with van der Waals surface area (Å²) in [5.74, 6) is 0.680. The first-order valence-corrected chi connectivity index (χ1v) is 14.3. The Morgan fingerprint density at radius 3 is 2.67 bits per heavy atom. The molecule has 0 saturated carbocycles. The third-order valence-electron chi connectivity index (χ3n) is 8.50. The normalized spacial score (nSPS) is 19.1. The van der Waals surface area contributed by atoms with Crippen LogP contribution in [0.5, 0.6) is 5.75 Å². The summed E-state index contributed by atoms with van der Waals surface area (Å²) in [5, 5.41) is 12.6. The fourth-order valence-electron chi connectivity index (χ4n) is 6.27. The highest BCUT2D eigenvalue weighted by molar-refractivity contribution is 7.13. The summed E-state index contributed by atoms with van der Waals surface area (Å²) >= 11 is 1.65. The summed E-state index contributed by atoms with van der Waals surface area (Å²) < 4.78 is 7.94. The molecule has 0 spiro atoms. The molecule has 0 radical (unpaired) electrons. The zero-order chi connectivity index (χ0) is 27.5. The van der Waals surface area contributed by atoms with Gasteiger partial charge in [-0.3, -0.25) is 9.59 Å². The van der Waals surface area contributed by atoms with Gasteiger partial charge in [0.25, 0.3) is 5.91 Å². The minimum absolute atomic E-state index is 0.0395. The number of hydrogen-bond donors (Lipinski definition) is 2. The van der Waals surface area contributed by atoms with Gasteiger partial charge in [-0.2, -0.15) is 0 Å². The Balaban J connectivity index is 1.56. The molecule has 0 aliphatic carbocycles. The average Bonchev–Trinajstić information content (AvgIpc) is 3.65. The second-order valence-electron chi connectivity index (χ2n) is 10.9. The van der Waals surface area contributed by atoms with Gasteiger partial charge in [-0.05, 0) is 86.9 Å². The number of ether oxygens (including phenoxy) is 1. The van der Waals surface area contributed by atoms with Crippen LogP contribution in [-0.2, 0) is 13.0 Å². The number of pyridine rings is 1. The molecular formula is C31H33N3O4S. The molecule has 202 valence electrons. The molecule has 2 atom stereocenters. The smallest absolute Gasteiger partial charge is 0.271 e. The van der Waals surface area contributed by atoms with E-state index in [4.69, 9.17) is 4.74 Å². The van der Waals surface area contributed by atoms with E-state index in [9.17, 15) is 14.7 Å². The number of carbonyl (C=O) groups excluding carboxylic acids is 1. The summed E-state index contributed by atoms with van der Waals surface area (Å²) in [4.78, 5) is 32.2. The number of amides is 1. The van der Waals surface area contributed by atoms with E-state index in [1.807, 2.05) is 42.3 Å². The van der Waals surface area contributed by atoms with E-state index in [2.05, 4.69) is 27.8 Å². The van der Waals surface area contributed by atoms with Gasteiger partial charge in [0.15, 0.2) is 0 Å². The minimum atomic E-state index is -0.621. The predicted molar refractivity (Wildman–Crippen MR) is 155 cm³/mol. The van der Waals surface area contributed by atoms with E-state index in [0.717, 1.165) is 69.1 Å². The fourth-order valence-corrected chi connectivity index (χ4v) is 7.02. The topological polar surface area (TPSA) is 87.6 Å². The quantitative estimate of drug-likeness (QED) is 0.349. The lowest BCUT2D eigenvalue weighted by atomic mass is 9.91. The van der Waals surface area contributed by atoms with Crippen LogP contribution in [-0.4, -0.2) is 50.8 Å². The van der Waals surface area contributed by atoms with Crippen LogP contribution in [0, 0.1) is 6.92 Å². The number of methoxy groups -OCH3 is 1. The van der Waals surface area contributed by atoms with Crippen LogP contribution < -0.4 is 10.3 Å². The standard InChI is InChI=1S/C31H33N3O4S/c1-18-13-21(15-28(36)32-18)22-16-23-20(14-26(22)38-4)8-11-33-25(17-24(29(23)33)27-7-5-12-39-27)30(37)34-10-6-9-31(34,3)19(2)35/h5,7,12-17,19,35H,6,8-11H2,1-4H3,(H,32,36)/t19-,31-/m1/s1. The molecule has 2 aliphatic rings. The SMILES string of the molecule is COc1cc2c(cc1-c1cc(C)[nH]c(=O)c1)-c1c(-c3cccs3)cc(C(=O)N3CCC[C@]3(C)[C@@H](C)O)n1CC2. The Hall–Kier alpha value is -3.62. The van der Waals surface area contributed by atoms with E-state index in [-0.39, 0.29) is 11.5 Å². The van der Waals surface area contributed by atoms with Crippen molar-refractivity contribution in [2.45, 2.75) is 58.2 Å². The van der Waals surface area contributed by atoms with Crippen molar-refractivity contribution in [1.82, 2.24) is 14.5 Å². The van der Waals surface area contributed by atoms with Gasteiger partial charge in [-0.25, -0.2) is 0 Å². The number of rotatable bonds is 5. The molecule has 1 amide bonds. The maximum Gasteiger partial charge on any atom is 0.271 e. The highest BCUT2D eigenvalue weighted by atomic mass is 32.1. The number of H-pyrrole nitrogens is 1. The Morgan fingerprint density at radius 1 is 1.15 bits per heavy atom. The number of aryl methyl sites for hydroxylation is 2. The van der Waals surface area contributed by atoms with Crippen molar-refractivity contribution in [3.8, 4) is 38.6 Å². The largest absolute Gasteiger partial charge is 0.496 e. The van der Waals surface area contributed by atoms with E-state index < -0.39 is 11.6 Å². The molecule has 0 unspecified atom stereocenters. The van der Waals surface area contributed by atoms with Crippen LogP contribution in [0.4, 0.5) is 0 Å². The van der Waals surface area contributed by atoms with Crippen molar-refractivity contribution in [2.75, 3.05) is 13.7 Å². The second kappa shape index (κ2) is 9.54. The Bertz CT molecular complexity index is 1630. The van der Waals surface area contributed by atoms with Crippen LogP contribution >= 0.6 is 11.3 Å². The lowest BCUT2D eigenvalue weighted by molar-refractivity contribution is 0.0145. The maximum absolute atomic E-state index is 14.1. The summed E-state index contributed by atoms with van der Waals surface area (Å²) in [6.07, 6.45) is 1.79. The van der Waals surface area contributed by atoms with Gasteiger partial charge in [0.05, 0.1) is 24.4 Å². The molecule has 8 heteroatoms. The molecule has 5 heterocycles. The fraction of sp³-hybridized carbons (Fsp3) is 0.355. The second-order valence-corrected chi connectivity index (χ2v) is 11.8. The van der Waals surface area contributed by atoms with Crippen LogP contribution in [0.15, 0.2) is 52.6 Å². The number of aromatic amines is 1. The molecule has 4 aromatic rings. The molecule has 3 aromatic heterocycles. The van der Waals surface area contributed by atoms with Crippen molar-refractivity contribution in [3.63, 3.8) is 0 Å². The van der Waals surface area contributed by atoms with Gasteiger partial charge in [0.1, 0.15) is 11.4 Å². The van der Waals surface area contributed by atoms with Gasteiger partial charge in [0.2, 0.25) is 5.56 Å². The van der Waals surface area contributed by atoms with E-state index >= 15 is 0 Å². The van der Waals surface area contributed by atoms with E-state index in [1.165, 1.54) is 0 Å². The lowest BCUT2D eigenvalue weighted by Crippen LogP contribution is -2.52. The molecule has 7 nitrogen and oxygen atoms in total. The third kappa shape index (κ3) is 4.13. The number of carbonyl (C=O) groups is 1. The molecule has 2 N–H and O–H groups in total. The van der Waals surface area contributed by atoms with Crippen molar-refractivity contribution in [3.05, 3.63) is 75.1 Å². The molecule has 6 rings (SSSR count). The highest BCUT2D eigenvalue weighted by Gasteiger charge is 2.44. The van der Waals surface area contributed by atoms with Gasteiger partial charge in [-0.15, -0.1) is 11.3 Å². The predicted octanol–water partition coefficient (Wildman–Crippen LogP) is 5.49. The lowest BCUT2D eigenvalue weighted by Gasteiger charge is -2.38. The molecule has 1 fully saturated rings. The van der Waals surface area contributed by atoms with Crippen LogP contribution in [0.3, 0.4) is 0 Å². The number of nitrogens with zero attached hydrogens (tertiary/aromatic N) is 2. The minimum Gasteiger partial charge on any atom is -0.496 e. The van der Waals surface area contributed by atoms with Crippen LogP contribution in [0.1, 0.15) is 48.4 Å². The Kier molecular flexibility index (Phi) is 6.27. The number of nitrogens with one attached hydrogen (secondary N) is 1. The van der Waals surface area contributed by atoms with Crippen LogP contribution in [0.25, 0.3) is 32.8 Å². The van der Waals surface area contributed by atoms with E-state index in [0.29, 0.717) is 18.8 Å². The Morgan fingerprint density at radius 2 is 1.97 bits per heavy atom.